The lowest BCUT2D eigenvalue weighted by Gasteiger charge is -2.11. The van der Waals surface area contributed by atoms with Gasteiger partial charge in [-0.3, -0.25) is 4.90 Å². The first kappa shape index (κ1) is 9.79. The van der Waals surface area contributed by atoms with Crippen molar-refractivity contribution >= 4 is 6.09 Å². The third-order valence-corrected chi connectivity index (χ3v) is 1.25. The number of unbranched alkanes of at least 4 members (excludes halogenated alkanes) is 1. The highest BCUT2D eigenvalue weighted by Crippen LogP contribution is 1.95. The molecule has 0 radical (unpaired) electrons. The van der Waals surface area contributed by atoms with E-state index in [-0.39, 0.29) is 0 Å². The zero-order valence-corrected chi connectivity index (χ0v) is 6.71. The van der Waals surface area contributed by atoms with Crippen LogP contribution in [0.4, 0.5) is 4.79 Å². The van der Waals surface area contributed by atoms with Crippen LogP contribution in [0.2, 0.25) is 0 Å². The summed E-state index contributed by atoms with van der Waals surface area (Å²) in [5.41, 5.74) is 2.43. The summed E-state index contributed by atoms with van der Waals surface area (Å²) in [7, 11) is 0. The molecule has 0 aromatic heterocycles. The number of hydrogen-bond acceptors (Lipinski definition) is 1. The van der Waals surface area contributed by atoms with Crippen LogP contribution in [0.1, 0.15) is 19.8 Å². The van der Waals surface area contributed by atoms with E-state index in [9.17, 15) is 4.79 Å². The molecule has 0 heterocycles. The van der Waals surface area contributed by atoms with Gasteiger partial charge in [-0.25, -0.2) is 4.79 Å². The zero-order valence-electron chi connectivity index (χ0n) is 6.71. The largest absolute Gasteiger partial charge is 0.465 e. The quantitative estimate of drug-likeness (QED) is 0.631. The molecule has 3 nitrogen and oxygen atoms in total. The molecule has 0 aromatic carbocycles. The van der Waals surface area contributed by atoms with E-state index in [0.717, 1.165) is 12.8 Å². The van der Waals surface area contributed by atoms with Gasteiger partial charge in [-0.05, 0) is 6.42 Å². The molecule has 62 valence electrons. The highest BCUT2D eigenvalue weighted by Gasteiger charge is 2.05. The van der Waals surface area contributed by atoms with Crippen molar-refractivity contribution in [2.45, 2.75) is 19.8 Å². The molecule has 0 aliphatic carbocycles. The number of rotatable bonds is 4. The fourth-order valence-electron chi connectivity index (χ4n) is 0.654. The topological polar surface area (TPSA) is 40.5 Å². The van der Waals surface area contributed by atoms with E-state index in [0.29, 0.717) is 6.54 Å². The summed E-state index contributed by atoms with van der Waals surface area (Å²) in [6.07, 6.45) is 2.24. The van der Waals surface area contributed by atoms with Crippen LogP contribution in [0.5, 0.6) is 0 Å². The van der Waals surface area contributed by atoms with E-state index in [1.165, 1.54) is 11.1 Å². The molecule has 3 heteroatoms. The van der Waals surface area contributed by atoms with Gasteiger partial charge in [0.05, 0.1) is 6.20 Å². The van der Waals surface area contributed by atoms with Gasteiger partial charge in [-0.15, -0.1) is 5.73 Å². The maximum absolute atomic E-state index is 10.4. The molecule has 0 unspecified atom stereocenters. The van der Waals surface area contributed by atoms with Gasteiger partial charge >= 0.3 is 6.09 Å². The Labute approximate surface area is 66.6 Å². The molecule has 0 saturated carbocycles. The van der Waals surface area contributed by atoms with E-state index in [1.54, 1.807) is 0 Å². The van der Waals surface area contributed by atoms with Crippen LogP contribution in [-0.2, 0) is 0 Å². The lowest BCUT2D eigenvalue weighted by molar-refractivity contribution is 0.162. The average Bonchev–Trinajstić information content (AvgIpc) is 1.97. The van der Waals surface area contributed by atoms with Crippen molar-refractivity contribution < 1.29 is 9.90 Å². The van der Waals surface area contributed by atoms with Gasteiger partial charge in [0.25, 0.3) is 0 Å². The van der Waals surface area contributed by atoms with Gasteiger partial charge in [0.2, 0.25) is 0 Å². The molecule has 0 rings (SSSR count). The molecule has 0 spiro atoms. The molecular formula is C8H13NO2. The number of carboxylic acid groups (broad SMARTS) is 1. The molecule has 0 saturated heterocycles. The van der Waals surface area contributed by atoms with Gasteiger partial charge in [-0.2, -0.15) is 0 Å². The first-order valence-corrected chi connectivity index (χ1v) is 3.58. The Kier molecular flexibility index (Phi) is 4.95. The lowest BCUT2D eigenvalue weighted by Crippen LogP contribution is -2.24. The average molecular weight is 155 g/mol. The van der Waals surface area contributed by atoms with E-state index < -0.39 is 6.09 Å². The molecule has 1 amide bonds. The Balaban J connectivity index is 3.89. The monoisotopic (exact) mass is 155 g/mol. The summed E-state index contributed by atoms with van der Waals surface area (Å²) < 4.78 is 0. The Morgan fingerprint density at radius 2 is 2.45 bits per heavy atom. The first-order chi connectivity index (χ1) is 5.22. The fourth-order valence-corrected chi connectivity index (χ4v) is 0.654. The Morgan fingerprint density at radius 3 is 2.82 bits per heavy atom. The van der Waals surface area contributed by atoms with Crippen molar-refractivity contribution in [2.24, 2.45) is 0 Å². The molecular weight excluding hydrogens is 142 g/mol. The summed E-state index contributed by atoms with van der Waals surface area (Å²) in [5.74, 6) is 0. The molecule has 0 atom stereocenters. The third-order valence-electron chi connectivity index (χ3n) is 1.25. The molecule has 0 aliphatic rings. The minimum absolute atomic E-state index is 0.522. The normalized spacial score (nSPS) is 8.45. The maximum atomic E-state index is 10.4. The Hall–Kier alpha value is -1.21. The Bertz CT molecular complexity index is 169. The molecule has 11 heavy (non-hydrogen) atoms. The van der Waals surface area contributed by atoms with Crippen LogP contribution in [-0.4, -0.2) is 22.6 Å². The molecule has 0 aliphatic heterocycles. The number of hydrogen-bond donors (Lipinski definition) is 1. The summed E-state index contributed by atoms with van der Waals surface area (Å²) in [6, 6.07) is 0. The highest BCUT2D eigenvalue weighted by molar-refractivity contribution is 5.66. The minimum Gasteiger partial charge on any atom is -0.465 e. The van der Waals surface area contributed by atoms with Crippen molar-refractivity contribution in [2.75, 3.05) is 6.54 Å². The smallest absolute Gasteiger partial charge is 0.411 e. The van der Waals surface area contributed by atoms with Gasteiger partial charge in [0.1, 0.15) is 0 Å². The Morgan fingerprint density at radius 1 is 1.82 bits per heavy atom. The molecule has 0 bridgehead atoms. The summed E-state index contributed by atoms with van der Waals surface area (Å²) in [5, 5.41) is 8.56. The predicted octanol–water partition coefficient (Wildman–Crippen LogP) is 2.07. The SMILES string of the molecule is C=C=CN(CCCC)C(=O)O. The van der Waals surface area contributed by atoms with Gasteiger partial charge in [0.15, 0.2) is 0 Å². The van der Waals surface area contributed by atoms with Crippen LogP contribution in [0.15, 0.2) is 18.5 Å². The van der Waals surface area contributed by atoms with Crippen molar-refractivity contribution in [1.29, 1.82) is 0 Å². The van der Waals surface area contributed by atoms with Gasteiger partial charge < -0.3 is 5.11 Å². The summed E-state index contributed by atoms with van der Waals surface area (Å²) in [4.78, 5) is 11.6. The lowest BCUT2D eigenvalue weighted by atomic mass is 10.3. The second-order valence-corrected chi connectivity index (χ2v) is 2.16. The van der Waals surface area contributed by atoms with Crippen LogP contribution in [0.3, 0.4) is 0 Å². The van der Waals surface area contributed by atoms with E-state index in [4.69, 9.17) is 5.11 Å². The zero-order chi connectivity index (χ0) is 8.69. The maximum Gasteiger partial charge on any atom is 0.411 e. The van der Waals surface area contributed by atoms with E-state index >= 15 is 0 Å². The van der Waals surface area contributed by atoms with E-state index in [2.05, 4.69) is 12.3 Å². The van der Waals surface area contributed by atoms with Crippen molar-refractivity contribution in [3.05, 3.63) is 18.5 Å². The van der Waals surface area contributed by atoms with Gasteiger partial charge in [-0.1, -0.05) is 19.9 Å². The van der Waals surface area contributed by atoms with Crippen LogP contribution < -0.4 is 0 Å². The second-order valence-electron chi connectivity index (χ2n) is 2.16. The minimum atomic E-state index is -0.949. The van der Waals surface area contributed by atoms with E-state index in [1.807, 2.05) is 6.92 Å². The summed E-state index contributed by atoms with van der Waals surface area (Å²) >= 11 is 0. The first-order valence-electron chi connectivity index (χ1n) is 3.58. The predicted molar refractivity (Wildman–Crippen MR) is 43.3 cm³/mol. The van der Waals surface area contributed by atoms with Crippen molar-refractivity contribution in [3.63, 3.8) is 0 Å². The fraction of sp³-hybridized carbons (Fsp3) is 0.500. The number of nitrogens with zero attached hydrogens (tertiary/aromatic N) is 1. The third kappa shape index (κ3) is 4.23. The number of carbonyl (C=O) groups is 1. The second kappa shape index (κ2) is 5.57. The van der Waals surface area contributed by atoms with Gasteiger partial charge in [0, 0.05) is 6.54 Å². The van der Waals surface area contributed by atoms with Crippen LogP contribution in [0, 0.1) is 0 Å². The summed E-state index contributed by atoms with van der Waals surface area (Å²) in [6.45, 7) is 5.84. The van der Waals surface area contributed by atoms with Crippen LogP contribution in [0.25, 0.3) is 0 Å². The van der Waals surface area contributed by atoms with Crippen molar-refractivity contribution in [3.8, 4) is 0 Å². The standard InChI is InChI=1S/C8H13NO2/c1-3-5-7-9(6-4-2)8(10)11/h6H,2-3,5,7H2,1H3,(H,10,11). The van der Waals surface area contributed by atoms with Crippen LogP contribution >= 0.6 is 0 Å². The highest BCUT2D eigenvalue weighted by atomic mass is 16.4. The molecule has 0 aromatic rings. The molecule has 0 fully saturated rings. The molecule has 1 N–H and O–H groups in total. The number of amides is 1. The van der Waals surface area contributed by atoms with Crippen molar-refractivity contribution in [1.82, 2.24) is 4.90 Å².